The van der Waals surface area contributed by atoms with E-state index < -0.39 is 5.91 Å². The highest BCUT2D eigenvalue weighted by atomic mass is 35.5. The van der Waals surface area contributed by atoms with Crippen molar-refractivity contribution in [2.45, 2.75) is 6.92 Å². The lowest BCUT2D eigenvalue weighted by molar-refractivity contribution is 0.0950. The summed E-state index contributed by atoms with van der Waals surface area (Å²) in [4.78, 5) is 12.2. The second-order valence-electron chi connectivity index (χ2n) is 5.47. The number of aromatic amines is 1. The van der Waals surface area contributed by atoms with Crippen LogP contribution in [-0.2, 0) is 0 Å². The van der Waals surface area contributed by atoms with Crippen LogP contribution in [0, 0.1) is 0 Å². The molecule has 0 aliphatic carbocycles. The van der Waals surface area contributed by atoms with E-state index in [0.717, 1.165) is 5.56 Å². The molecule has 0 unspecified atom stereocenters. The standard InChI is InChI=1S/C19H17ClN4O3/c1-2-27-17-9-5-6-12(18(17)25)11-21-24-19(26)16-10-15(22-23-16)13-7-3-4-8-14(13)20/h3-11,25H,2H2,1H3,(H,22,23)(H,24,26)/b21-11-. The van der Waals surface area contributed by atoms with Crippen LogP contribution in [0.4, 0.5) is 0 Å². The van der Waals surface area contributed by atoms with Crippen LogP contribution in [0.1, 0.15) is 23.0 Å². The highest BCUT2D eigenvalue weighted by Gasteiger charge is 2.12. The number of benzene rings is 2. The summed E-state index contributed by atoms with van der Waals surface area (Å²) in [6.07, 6.45) is 1.33. The Morgan fingerprint density at radius 1 is 1.33 bits per heavy atom. The molecule has 0 saturated carbocycles. The summed E-state index contributed by atoms with van der Waals surface area (Å²) in [7, 11) is 0. The summed E-state index contributed by atoms with van der Waals surface area (Å²) >= 11 is 6.14. The van der Waals surface area contributed by atoms with Gasteiger partial charge >= 0.3 is 0 Å². The second-order valence-corrected chi connectivity index (χ2v) is 5.88. The molecule has 0 saturated heterocycles. The van der Waals surface area contributed by atoms with Gasteiger partial charge in [0.2, 0.25) is 0 Å². The number of halogens is 1. The number of para-hydroxylation sites is 1. The molecule has 27 heavy (non-hydrogen) atoms. The fraction of sp³-hybridized carbons (Fsp3) is 0.105. The quantitative estimate of drug-likeness (QED) is 0.446. The van der Waals surface area contributed by atoms with Gasteiger partial charge in [-0.1, -0.05) is 35.9 Å². The van der Waals surface area contributed by atoms with Gasteiger partial charge in [-0.05, 0) is 31.2 Å². The average Bonchev–Trinajstić information content (AvgIpc) is 3.15. The molecule has 3 aromatic rings. The third-order valence-electron chi connectivity index (χ3n) is 3.67. The average molecular weight is 385 g/mol. The first-order valence-corrected chi connectivity index (χ1v) is 8.56. The van der Waals surface area contributed by atoms with Gasteiger partial charge < -0.3 is 9.84 Å². The number of amides is 1. The number of hydrazone groups is 1. The normalized spacial score (nSPS) is 10.9. The van der Waals surface area contributed by atoms with Crippen molar-refractivity contribution in [1.82, 2.24) is 15.6 Å². The molecule has 1 heterocycles. The van der Waals surface area contributed by atoms with Gasteiger partial charge in [-0.2, -0.15) is 10.2 Å². The van der Waals surface area contributed by atoms with Gasteiger partial charge in [0.1, 0.15) is 5.69 Å². The van der Waals surface area contributed by atoms with Crippen molar-refractivity contribution in [2.24, 2.45) is 5.10 Å². The number of hydrogen-bond donors (Lipinski definition) is 3. The Labute approximate surface area is 160 Å². The fourth-order valence-corrected chi connectivity index (χ4v) is 2.61. The molecule has 1 aromatic heterocycles. The van der Waals surface area contributed by atoms with Crippen LogP contribution >= 0.6 is 11.6 Å². The van der Waals surface area contributed by atoms with E-state index in [9.17, 15) is 9.90 Å². The first kappa shape index (κ1) is 18.5. The van der Waals surface area contributed by atoms with Crippen LogP contribution in [0.5, 0.6) is 11.5 Å². The number of nitrogens with one attached hydrogen (secondary N) is 2. The number of aromatic nitrogens is 2. The molecular formula is C19H17ClN4O3. The van der Waals surface area contributed by atoms with Crippen molar-refractivity contribution in [3.05, 3.63) is 64.8 Å². The summed E-state index contributed by atoms with van der Waals surface area (Å²) in [5, 5.41) is 21.3. The van der Waals surface area contributed by atoms with Crippen LogP contribution in [-0.4, -0.2) is 34.0 Å². The van der Waals surface area contributed by atoms with Crippen molar-refractivity contribution < 1.29 is 14.6 Å². The summed E-state index contributed by atoms with van der Waals surface area (Å²) < 4.78 is 5.31. The lowest BCUT2D eigenvalue weighted by atomic mass is 10.1. The zero-order valence-corrected chi connectivity index (χ0v) is 15.2. The van der Waals surface area contributed by atoms with Crippen molar-refractivity contribution in [2.75, 3.05) is 6.61 Å². The van der Waals surface area contributed by atoms with Gasteiger partial charge in [-0.15, -0.1) is 0 Å². The van der Waals surface area contributed by atoms with Crippen LogP contribution in [0.2, 0.25) is 5.02 Å². The summed E-state index contributed by atoms with van der Waals surface area (Å²) in [5.74, 6) is -0.164. The van der Waals surface area contributed by atoms with Gasteiger partial charge in [0.05, 0.1) is 23.5 Å². The molecule has 0 spiro atoms. The third-order valence-corrected chi connectivity index (χ3v) is 4.00. The van der Waals surface area contributed by atoms with Crippen LogP contribution < -0.4 is 10.2 Å². The van der Waals surface area contributed by atoms with E-state index in [1.807, 2.05) is 25.1 Å². The molecule has 0 radical (unpaired) electrons. The molecule has 0 bridgehead atoms. The molecule has 3 N–H and O–H groups in total. The van der Waals surface area contributed by atoms with Gasteiger partial charge in [0, 0.05) is 11.1 Å². The first-order chi connectivity index (χ1) is 13.1. The Kier molecular flexibility index (Phi) is 5.73. The number of ether oxygens (including phenoxy) is 1. The van der Waals surface area contributed by atoms with E-state index in [0.29, 0.717) is 28.6 Å². The maximum absolute atomic E-state index is 12.2. The lowest BCUT2D eigenvalue weighted by Crippen LogP contribution is -2.18. The SMILES string of the molecule is CCOc1cccc(/C=N\NC(=O)c2cc(-c3ccccc3Cl)n[nH]2)c1O. The number of carbonyl (C=O) groups is 1. The van der Waals surface area contributed by atoms with Crippen LogP contribution in [0.25, 0.3) is 11.3 Å². The largest absolute Gasteiger partial charge is 0.504 e. The summed E-state index contributed by atoms with van der Waals surface area (Å²) in [6.45, 7) is 2.25. The molecule has 0 aliphatic rings. The Balaban J connectivity index is 1.69. The van der Waals surface area contributed by atoms with E-state index in [1.165, 1.54) is 6.21 Å². The lowest BCUT2D eigenvalue weighted by Gasteiger charge is -2.07. The zero-order chi connectivity index (χ0) is 19.2. The molecule has 2 aromatic carbocycles. The molecule has 8 heteroatoms. The molecule has 7 nitrogen and oxygen atoms in total. The predicted octanol–water partition coefficient (Wildman–Crippen LogP) is 3.60. The van der Waals surface area contributed by atoms with Crippen molar-refractivity contribution in [3.8, 4) is 22.8 Å². The smallest absolute Gasteiger partial charge is 0.289 e. The topological polar surface area (TPSA) is 99.6 Å². The Morgan fingerprint density at radius 3 is 2.93 bits per heavy atom. The second kappa shape index (κ2) is 8.37. The monoisotopic (exact) mass is 384 g/mol. The van der Waals surface area contributed by atoms with Crippen molar-refractivity contribution in [3.63, 3.8) is 0 Å². The molecule has 138 valence electrons. The van der Waals surface area contributed by atoms with Gasteiger partial charge in [0.25, 0.3) is 5.91 Å². The number of H-pyrrole nitrogens is 1. The van der Waals surface area contributed by atoms with Crippen LogP contribution in [0.3, 0.4) is 0 Å². The highest BCUT2D eigenvalue weighted by molar-refractivity contribution is 6.33. The fourth-order valence-electron chi connectivity index (χ4n) is 2.38. The number of hydrogen-bond acceptors (Lipinski definition) is 5. The molecule has 1 amide bonds. The van der Waals surface area contributed by atoms with E-state index in [1.54, 1.807) is 30.3 Å². The minimum absolute atomic E-state index is 0.0418. The van der Waals surface area contributed by atoms with E-state index in [2.05, 4.69) is 20.7 Å². The number of rotatable bonds is 6. The number of nitrogens with zero attached hydrogens (tertiary/aromatic N) is 2. The number of phenols is 1. The number of aromatic hydroxyl groups is 1. The summed E-state index contributed by atoms with van der Waals surface area (Å²) in [6, 6.07) is 13.8. The number of phenolic OH excluding ortho intramolecular Hbond substituents is 1. The number of carbonyl (C=O) groups excluding carboxylic acids is 1. The first-order valence-electron chi connectivity index (χ1n) is 8.18. The van der Waals surface area contributed by atoms with E-state index in [4.69, 9.17) is 16.3 Å². The van der Waals surface area contributed by atoms with E-state index >= 15 is 0 Å². The molecule has 0 fully saturated rings. The van der Waals surface area contributed by atoms with Gasteiger partial charge in [-0.25, -0.2) is 5.43 Å². The van der Waals surface area contributed by atoms with Gasteiger partial charge in [-0.3, -0.25) is 9.89 Å². The van der Waals surface area contributed by atoms with Crippen LogP contribution in [0.15, 0.2) is 53.6 Å². The Bertz CT molecular complexity index is 985. The molecule has 3 rings (SSSR count). The van der Waals surface area contributed by atoms with Crippen molar-refractivity contribution in [1.29, 1.82) is 0 Å². The van der Waals surface area contributed by atoms with E-state index in [-0.39, 0.29) is 11.4 Å². The Morgan fingerprint density at radius 2 is 2.15 bits per heavy atom. The maximum Gasteiger partial charge on any atom is 0.289 e. The minimum Gasteiger partial charge on any atom is -0.504 e. The highest BCUT2D eigenvalue weighted by Crippen LogP contribution is 2.28. The predicted molar refractivity (Wildman–Crippen MR) is 103 cm³/mol. The molecule has 0 aliphatic heterocycles. The summed E-state index contributed by atoms with van der Waals surface area (Å²) in [5.41, 5.74) is 4.30. The Hall–Kier alpha value is -3.32. The zero-order valence-electron chi connectivity index (χ0n) is 14.4. The van der Waals surface area contributed by atoms with Gasteiger partial charge in [0.15, 0.2) is 11.5 Å². The molecule has 0 atom stereocenters. The molecular weight excluding hydrogens is 368 g/mol. The third kappa shape index (κ3) is 4.27. The minimum atomic E-state index is -0.475. The van der Waals surface area contributed by atoms with Crippen molar-refractivity contribution >= 4 is 23.7 Å². The maximum atomic E-state index is 12.2.